The van der Waals surface area contributed by atoms with Crippen molar-refractivity contribution in [3.63, 3.8) is 0 Å². The fourth-order valence-electron chi connectivity index (χ4n) is 3.98. The Morgan fingerprint density at radius 3 is 2.80 bits per heavy atom. The van der Waals surface area contributed by atoms with E-state index in [0.717, 1.165) is 37.6 Å². The number of halogens is 1. The second-order valence-electron chi connectivity index (χ2n) is 7.42. The van der Waals surface area contributed by atoms with E-state index in [4.69, 9.17) is 5.10 Å². The molecule has 0 N–H and O–H groups in total. The number of fused-ring (bicyclic) bond motifs is 1. The molecule has 4 aromatic rings. The molecule has 0 spiro atoms. The number of nitrogens with zero attached hydrogens (tertiary/aromatic N) is 8. The Labute approximate surface area is 173 Å². The van der Waals surface area contributed by atoms with Gasteiger partial charge in [0.2, 0.25) is 0 Å². The van der Waals surface area contributed by atoms with Gasteiger partial charge in [-0.05, 0) is 49.2 Å². The summed E-state index contributed by atoms with van der Waals surface area (Å²) in [6.45, 7) is 1.75. The Hall–Kier alpha value is -3.62. The average molecular weight is 404 g/mol. The molecule has 0 radical (unpaired) electrons. The molecular formula is C21H21FN8. The zero-order chi connectivity index (χ0) is 20.5. The maximum atomic E-state index is 14.3. The van der Waals surface area contributed by atoms with Gasteiger partial charge >= 0.3 is 0 Å². The quantitative estimate of drug-likeness (QED) is 0.506. The largest absolute Gasteiger partial charge is 0.356 e. The second kappa shape index (κ2) is 7.66. The first-order valence-electron chi connectivity index (χ1n) is 9.93. The van der Waals surface area contributed by atoms with Crippen molar-refractivity contribution in [1.82, 2.24) is 30.0 Å². The van der Waals surface area contributed by atoms with Crippen molar-refractivity contribution < 1.29 is 4.39 Å². The molecule has 9 heteroatoms. The second-order valence-corrected chi connectivity index (χ2v) is 7.42. The number of aromatic nitrogens is 6. The smallest absolute Gasteiger partial charge is 0.188 e. The van der Waals surface area contributed by atoms with Crippen LogP contribution in [0.15, 0.2) is 54.7 Å². The van der Waals surface area contributed by atoms with Crippen LogP contribution in [0.3, 0.4) is 0 Å². The van der Waals surface area contributed by atoms with Gasteiger partial charge in [0.1, 0.15) is 11.6 Å². The molecule has 152 valence electrons. The molecule has 1 fully saturated rings. The van der Waals surface area contributed by atoms with Gasteiger partial charge in [-0.2, -0.15) is 9.61 Å². The number of rotatable bonds is 5. The predicted octanol–water partition coefficient (Wildman–Crippen LogP) is 2.83. The minimum absolute atomic E-state index is 0.316. The van der Waals surface area contributed by atoms with Crippen molar-refractivity contribution in [1.29, 1.82) is 0 Å². The Kier molecular flexibility index (Phi) is 4.70. The molecule has 1 unspecified atom stereocenters. The third kappa shape index (κ3) is 3.32. The molecule has 1 saturated heterocycles. The first-order valence-corrected chi connectivity index (χ1v) is 9.93. The number of anilines is 2. The summed E-state index contributed by atoms with van der Waals surface area (Å²) in [5.74, 6) is 1.71. The summed E-state index contributed by atoms with van der Waals surface area (Å²) in [7, 11) is 2.01. The van der Waals surface area contributed by atoms with Crippen LogP contribution in [0.4, 0.5) is 16.0 Å². The number of likely N-dealkylation sites (N-methyl/N-ethyl adjacent to an activating group) is 1. The molecule has 30 heavy (non-hydrogen) atoms. The van der Waals surface area contributed by atoms with Gasteiger partial charge in [-0.1, -0.05) is 12.1 Å². The van der Waals surface area contributed by atoms with Crippen LogP contribution in [0, 0.1) is 5.82 Å². The maximum absolute atomic E-state index is 14.3. The SMILES string of the molecule is CN(CC1CCCN1c1cccnn1)c1ccc2nnc(-c3ccccc3F)n2n1. The molecule has 1 aliphatic heterocycles. The molecule has 5 rings (SSSR count). The van der Waals surface area contributed by atoms with E-state index in [1.54, 1.807) is 28.9 Å². The lowest BCUT2D eigenvalue weighted by Crippen LogP contribution is -2.39. The van der Waals surface area contributed by atoms with Gasteiger partial charge in [0.05, 0.1) is 5.56 Å². The Morgan fingerprint density at radius 1 is 1.07 bits per heavy atom. The highest BCUT2D eigenvalue weighted by Crippen LogP contribution is 2.25. The highest BCUT2D eigenvalue weighted by molar-refractivity contribution is 5.60. The van der Waals surface area contributed by atoms with Crippen LogP contribution >= 0.6 is 0 Å². The number of hydrogen-bond donors (Lipinski definition) is 0. The van der Waals surface area contributed by atoms with Crippen LogP contribution in [0.1, 0.15) is 12.8 Å². The summed E-state index contributed by atoms with van der Waals surface area (Å²) in [5, 5.41) is 21.3. The molecule has 0 bridgehead atoms. The van der Waals surface area contributed by atoms with Crippen molar-refractivity contribution in [3.8, 4) is 11.4 Å². The lowest BCUT2D eigenvalue weighted by Gasteiger charge is -2.29. The molecule has 0 amide bonds. The van der Waals surface area contributed by atoms with Crippen LogP contribution in [-0.4, -0.2) is 56.2 Å². The third-order valence-electron chi connectivity index (χ3n) is 5.47. The van der Waals surface area contributed by atoms with Gasteiger partial charge in [-0.25, -0.2) is 4.39 Å². The van der Waals surface area contributed by atoms with E-state index in [0.29, 0.717) is 23.1 Å². The first-order chi connectivity index (χ1) is 14.7. The average Bonchev–Trinajstić information content (AvgIpc) is 3.41. The van der Waals surface area contributed by atoms with Crippen LogP contribution in [0.2, 0.25) is 0 Å². The first kappa shape index (κ1) is 18.4. The van der Waals surface area contributed by atoms with Gasteiger partial charge in [-0.3, -0.25) is 0 Å². The summed E-state index contributed by atoms with van der Waals surface area (Å²) >= 11 is 0. The predicted molar refractivity (Wildman–Crippen MR) is 112 cm³/mol. The summed E-state index contributed by atoms with van der Waals surface area (Å²) in [4.78, 5) is 4.40. The van der Waals surface area contributed by atoms with E-state index in [-0.39, 0.29) is 5.82 Å². The number of benzene rings is 1. The minimum atomic E-state index is -0.349. The van der Waals surface area contributed by atoms with Crippen molar-refractivity contribution in [2.75, 3.05) is 29.9 Å². The molecule has 3 aromatic heterocycles. The lowest BCUT2D eigenvalue weighted by atomic mass is 10.2. The van der Waals surface area contributed by atoms with Gasteiger partial charge < -0.3 is 9.80 Å². The zero-order valence-electron chi connectivity index (χ0n) is 16.6. The summed E-state index contributed by atoms with van der Waals surface area (Å²) in [6, 6.07) is 14.5. The molecule has 0 aliphatic carbocycles. The topological polar surface area (TPSA) is 75.3 Å². The Morgan fingerprint density at radius 2 is 1.97 bits per heavy atom. The fourth-order valence-corrected chi connectivity index (χ4v) is 3.98. The molecule has 1 aromatic carbocycles. The summed E-state index contributed by atoms with van der Waals surface area (Å²) in [6.07, 6.45) is 3.88. The molecular weight excluding hydrogens is 383 g/mol. The van der Waals surface area contributed by atoms with Crippen LogP contribution in [0.25, 0.3) is 17.0 Å². The molecule has 4 heterocycles. The highest BCUT2D eigenvalue weighted by Gasteiger charge is 2.27. The van der Waals surface area contributed by atoms with Crippen molar-refractivity contribution >= 4 is 17.3 Å². The van der Waals surface area contributed by atoms with Crippen LogP contribution in [0.5, 0.6) is 0 Å². The molecule has 1 aliphatic rings. The van der Waals surface area contributed by atoms with E-state index in [2.05, 4.69) is 30.2 Å². The van der Waals surface area contributed by atoms with E-state index in [1.807, 2.05) is 31.3 Å². The van der Waals surface area contributed by atoms with E-state index >= 15 is 0 Å². The monoisotopic (exact) mass is 404 g/mol. The highest BCUT2D eigenvalue weighted by atomic mass is 19.1. The number of hydrogen-bond acceptors (Lipinski definition) is 7. The molecule has 1 atom stereocenters. The van der Waals surface area contributed by atoms with Gasteiger partial charge in [0, 0.05) is 32.4 Å². The van der Waals surface area contributed by atoms with Crippen molar-refractivity contribution in [2.24, 2.45) is 0 Å². The standard InChI is InChI=1S/C21H21FN8/c1-28(14-15-6-5-13-29(15)18-9-4-12-23-24-18)20-11-10-19-25-26-21(30(19)27-20)16-7-2-3-8-17(16)22/h2-4,7-12,15H,5-6,13-14H2,1H3. The third-order valence-corrected chi connectivity index (χ3v) is 5.47. The lowest BCUT2D eigenvalue weighted by molar-refractivity contribution is 0.628. The van der Waals surface area contributed by atoms with Crippen molar-refractivity contribution in [3.05, 3.63) is 60.5 Å². The maximum Gasteiger partial charge on any atom is 0.188 e. The molecule has 8 nitrogen and oxygen atoms in total. The van der Waals surface area contributed by atoms with E-state index in [9.17, 15) is 4.39 Å². The van der Waals surface area contributed by atoms with Crippen LogP contribution < -0.4 is 9.80 Å². The Balaban J connectivity index is 1.42. The van der Waals surface area contributed by atoms with E-state index in [1.165, 1.54) is 6.07 Å². The fraction of sp³-hybridized carbons (Fsp3) is 0.286. The van der Waals surface area contributed by atoms with Crippen LogP contribution in [-0.2, 0) is 0 Å². The van der Waals surface area contributed by atoms with Gasteiger partial charge in [-0.15, -0.1) is 20.4 Å². The van der Waals surface area contributed by atoms with Gasteiger partial charge in [0.15, 0.2) is 17.3 Å². The van der Waals surface area contributed by atoms with Crippen molar-refractivity contribution in [2.45, 2.75) is 18.9 Å². The zero-order valence-corrected chi connectivity index (χ0v) is 16.6. The minimum Gasteiger partial charge on any atom is -0.356 e. The van der Waals surface area contributed by atoms with Gasteiger partial charge in [0.25, 0.3) is 0 Å². The molecule has 0 saturated carbocycles. The summed E-state index contributed by atoms with van der Waals surface area (Å²) < 4.78 is 15.9. The Bertz CT molecular complexity index is 1160. The summed E-state index contributed by atoms with van der Waals surface area (Å²) in [5.41, 5.74) is 0.953. The van der Waals surface area contributed by atoms with E-state index < -0.39 is 0 Å². The normalized spacial score (nSPS) is 16.3.